The molecule has 2 rings (SSSR count). The summed E-state index contributed by atoms with van der Waals surface area (Å²) in [5.41, 5.74) is 1.69. The van der Waals surface area contributed by atoms with E-state index in [2.05, 4.69) is 10.5 Å². The van der Waals surface area contributed by atoms with Crippen LogP contribution in [0.25, 0.3) is 0 Å². The molecule has 7 heteroatoms. The zero-order chi connectivity index (χ0) is 18.9. The first-order valence-corrected chi connectivity index (χ1v) is 7.81. The number of nitrogens with one attached hydrogen (secondary N) is 1. The standard InChI is InChI=1S/C19H20N2O5/c1-13(22)14-5-4-6-16(9-14)21-19(23)12-26-20-11-15-10-17(24-2)7-8-18(15)25-3/h4-11H,12H2,1-3H3,(H,21,23)/b20-11+. The summed E-state index contributed by atoms with van der Waals surface area (Å²) >= 11 is 0. The van der Waals surface area contributed by atoms with E-state index in [1.807, 2.05) is 0 Å². The van der Waals surface area contributed by atoms with Crippen LogP contribution < -0.4 is 14.8 Å². The summed E-state index contributed by atoms with van der Waals surface area (Å²) in [6, 6.07) is 11.9. The molecule has 7 nitrogen and oxygen atoms in total. The molecular weight excluding hydrogens is 336 g/mol. The summed E-state index contributed by atoms with van der Waals surface area (Å²) < 4.78 is 10.4. The van der Waals surface area contributed by atoms with Crippen LogP contribution in [0.5, 0.6) is 11.5 Å². The largest absolute Gasteiger partial charge is 0.497 e. The molecule has 0 aromatic heterocycles. The van der Waals surface area contributed by atoms with Crippen molar-refractivity contribution >= 4 is 23.6 Å². The zero-order valence-corrected chi connectivity index (χ0v) is 14.8. The number of Topliss-reactive ketones (excluding diaryl/α,β-unsaturated/α-hetero) is 1. The van der Waals surface area contributed by atoms with Crippen LogP contribution in [0, 0.1) is 0 Å². The van der Waals surface area contributed by atoms with Crippen molar-refractivity contribution in [3.05, 3.63) is 53.6 Å². The van der Waals surface area contributed by atoms with Gasteiger partial charge >= 0.3 is 0 Å². The number of ether oxygens (including phenoxy) is 2. The second-order valence-corrected chi connectivity index (χ2v) is 5.30. The molecule has 0 aliphatic rings. The van der Waals surface area contributed by atoms with Crippen LogP contribution in [0.4, 0.5) is 5.69 Å². The minimum atomic E-state index is -0.388. The van der Waals surface area contributed by atoms with Crippen molar-refractivity contribution in [1.29, 1.82) is 0 Å². The molecule has 0 radical (unpaired) electrons. The maximum Gasteiger partial charge on any atom is 0.265 e. The van der Waals surface area contributed by atoms with Gasteiger partial charge in [0.2, 0.25) is 0 Å². The smallest absolute Gasteiger partial charge is 0.265 e. The summed E-state index contributed by atoms with van der Waals surface area (Å²) in [5.74, 6) is 0.786. The first-order chi connectivity index (χ1) is 12.5. The van der Waals surface area contributed by atoms with Crippen LogP contribution in [-0.2, 0) is 9.63 Å². The highest BCUT2D eigenvalue weighted by Gasteiger charge is 2.06. The number of rotatable bonds is 8. The van der Waals surface area contributed by atoms with E-state index in [0.717, 1.165) is 0 Å². The molecule has 1 N–H and O–H groups in total. The molecule has 0 fully saturated rings. The second kappa shape index (κ2) is 9.22. The third-order valence-electron chi connectivity index (χ3n) is 3.45. The summed E-state index contributed by atoms with van der Waals surface area (Å²) in [7, 11) is 3.10. The van der Waals surface area contributed by atoms with Crippen molar-refractivity contribution in [1.82, 2.24) is 0 Å². The molecule has 0 atom stereocenters. The van der Waals surface area contributed by atoms with E-state index < -0.39 is 0 Å². The lowest BCUT2D eigenvalue weighted by Gasteiger charge is -2.07. The van der Waals surface area contributed by atoms with Gasteiger partial charge in [-0.3, -0.25) is 9.59 Å². The van der Waals surface area contributed by atoms with E-state index >= 15 is 0 Å². The zero-order valence-electron chi connectivity index (χ0n) is 14.8. The molecule has 0 heterocycles. The molecule has 2 aromatic rings. The lowest BCUT2D eigenvalue weighted by atomic mass is 10.1. The SMILES string of the molecule is COc1ccc(OC)c(/C=N/OCC(=O)Nc2cccc(C(C)=O)c2)c1. The number of carbonyl (C=O) groups excluding carboxylic acids is 2. The number of ketones is 1. The fourth-order valence-corrected chi connectivity index (χ4v) is 2.14. The van der Waals surface area contributed by atoms with Gasteiger partial charge in [0.1, 0.15) is 11.5 Å². The van der Waals surface area contributed by atoms with Crippen LogP contribution in [0.3, 0.4) is 0 Å². The monoisotopic (exact) mass is 356 g/mol. The molecule has 0 aliphatic heterocycles. The van der Waals surface area contributed by atoms with Crippen LogP contribution in [0.2, 0.25) is 0 Å². The Balaban J connectivity index is 1.91. The third kappa shape index (κ3) is 5.34. The highest BCUT2D eigenvalue weighted by molar-refractivity contribution is 5.97. The second-order valence-electron chi connectivity index (χ2n) is 5.30. The molecule has 136 valence electrons. The Hall–Kier alpha value is -3.35. The lowest BCUT2D eigenvalue weighted by Crippen LogP contribution is -2.17. The Morgan fingerprint density at radius 2 is 1.92 bits per heavy atom. The quantitative estimate of drug-likeness (QED) is 0.446. The number of methoxy groups -OCH3 is 2. The molecule has 2 aromatic carbocycles. The van der Waals surface area contributed by atoms with Gasteiger partial charge in [0.15, 0.2) is 12.4 Å². The fraction of sp³-hybridized carbons (Fsp3) is 0.211. The molecule has 0 saturated carbocycles. The van der Waals surface area contributed by atoms with Gasteiger partial charge in [-0.25, -0.2) is 0 Å². The summed E-state index contributed by atoms with van der Waals surface area (Å²) in [4.78, 5) is 28.3. The van der Waals surface area contributed by atoms with E-state index in [9.17, 15) is 9.59 Å². The van der Waals surface area contributed by atoms with Crippen molar-refractivity contribution in [2.45, 2.75) is 6.92 Å². The van der Waals surface area contributed by atoms with Crippen molar-refractivity contribution in [2.24, 2.45) is 5.16 Å². The average Bonchev–Trinajstić information content (AvgIpc) is 2.65. The molecule has 0 aliphatic carbocycles. The lowest BCUT2D eigenvalue weighted by molar-refractivity contribution is -0.120. The number of anilines is 1. The molecule has 0 saturated heterocycles. The first-order valence-electron chi connectivity index (χ1n) is 7.81. The summed E-state index contributed by atoms with van der Waals surface area (Å²) in [5, 5.41) is 6.42. The Bertz CT molecular complexity index is 817. The molecule has 0 unspecified atom stereocenters. The van der Waals surface area contributed by atoms with Gasteiger partial charge in [-0.2, -0.15) is 0 Å². The number of benzene rings is 2. The Kier molecular flexibility index (Phi) is 6.73. The third-order valence-corrected chi connectivity index (χ3v) is 3.45. The van der Waals surface area contributed by atoms with Gasteiger partial charge in [0.25, 0.3) is 5.91 Å². The average molecular weight is 356 g/mol. The number of oxime groups is 1. The van der Waals surface area contributed by atoms with E-state index in [1.165, 1.54) is 13.1 Å². The number of hydrogen-bond acceptors (Lipinski definition) is 6. The van der Waals surface area contributed by atoms with Gasteiger partial charge in [-0.1, -0.05) is 17.3 Å². The predicted octanol–water partition coefficient (Wildman–Crippen LogP) is 2.90. The minimum Gasteiger partial charge on any atom is -0.497 e. The van der Waals surface area contributed by atoms with Crippen molar-refractivity contribution in [2.75, 3.05) is 26.1 Å². The van der Waals surface area contributed by atoms with E-state index in [-0.39, 0.29) is 18.3 Å². The minimum absolute atomic E-state index is 0.0748. The number of amides is 1. The first kappa shape index (κ1) is 19.0. The fourth-order valence-electron chi connectivity index (χ4n) is 2.14. The van der Waals surface area contributed by atoms with Crippen LogP contribution >= 0.6 is 0 Å². The normalized spacial score (nSPS) is 10.4. The molecule has 0 bridgehead atoms. The van der Waals surface area contributed by atoms with Crippen LogP contribution in [0.15, 0.2) is 47.6 Å². The number of hydrogen-bond donors (Lipinski definition) is 1. The Labute approximate surface area is 151 Å². The number of carbonyl (C=O) groups is 2. The maximum absolute atomic E-state index is 11.9. The van der Waals surface area contributed by atoms with Gasteiger partial charge < -0.3 is 19.6 Å². The Morgan fingerprint density at radius 3 is 2.62 bits per heavy atom. The van der Waals surface area contributed by atoms with Gasteiger partial charge in [0.05, 0.1) is 20.4 Å². The van der Waals surface area contributed by atoms with E-state index in [0.29, 0.717) is 28.3 Å². The van der Waals surface area contributed by atoms with Crippen LogP contribution in [0.1, 0.15) is 22.8 Å². The molecular formula is C19H20N2O5. The van der Waals surface area contributed by atoms with Crippen LogP contribution in [-0.4, -0.2) is 38.7 Å². The van der Waals surface area contributed by atoms with E-state index in [1.54, 1.807) is 56.7 Å². The highest BCUT2D eigenvalue weighted by atomic mass is 16.6. The van der Waals surface area contributed by atoms with Gasteiger partial charge in [-0.05, 0) is 37.3 Å². The predicted molar refractivity (Wildman–Crippen MR) is 98.2 cm³/mol. The molecule has 0 spiro atoms. The highest BCUT2D eigenvalue weighted by Crippen LogP contribution is 2.22. The van der Waals surface area contributed by atoms with E-state index in [4.69, 9.17) is 14.3 Å². The van der Waals surface area contributed by atoms with Crippen molar-refractivity contribution < 1.29 is 23.9 Å². The van der Waals surface area contributed by atoms with Gasteiger partial charge in [0, 0.05) is 16.8 Å². The van der Waals surface area contributed by atoms with Crippen molar-refractivity contribution in [3.63, 3.8) is 0 Å². The number of nitrogens with zero attached hydrogens (tertiary/aromatic N) is 1. The van der Waals surface area contributed by atoms with Gasteiger partial charge in [-0.15, -0.1) is 0 Å². The summed E-state index contributed by atoms with van der Waals surface area (Å²) in [6.07, 6.45) is 1.44. The molecule has 1 amide bonds. The molecule has 26 heavy (non-hydrogen) atoms. The topological polar surface area (TPSA) is 86.2 Å². The summed E-state index contributed by atoms with van der Waals surface area (Å²) in [6.45, 7) is 1.19. The van der Waals surface area contributed by atoms with Crippen molar-refractivity contribution in [3.8, 4) is 11.5 Å². The maximum atomic E-state index is 11.9. The Morgan fingerprint density at radius 1 is 1.12 bits per heavy atom.